The molecule has 0 saturated heterocycles. The van der Waals surface area contributed by atoms with Crippen molar-refractivity contribution < 1.29 is 8.83 Å². The smallest absolute Gasteiger partial charge is 0.417 e. The molecule has 5 heteroatoms. The van der Waals surface area contributed by atoms with E-state index in [0.29, 0.717) is 11.1 Å². The molecule has 0 spiro atoms. The number of benzene rings is 1. The van der Waals surface area contributed by atoms with Crippen molar-refractivity contribution in [1.82, 2.24) is 4.98 Å². The number of nitrogens with one attached hydrogen (secondary N) is 1. The predicted molar refractivity (Wildman–Crippen MR) is 75.8 cm³/mol. The summed E-state index contributed by atoms with van der Waals surface area (Å²) in [6, 6.07) is 5.17. The molecule has 1 unspecified atom stereocenters. The van der Waals surface area contributed by atoms with Crippen molar-refractivity contribution in [3.63, 3.8) is 0 Å². The van der Waals surface area contributed by atoms with E-state index in [2.05, 4.69) is 4.98 Å². The first kappa shape index (κ1) is 12.7. The zero-order chi connectivity index (χ0) is 14.4. The number of fused-ring (bicyclic) bond motifs is 1. The van der Waals surface area contributed by atoms with Gasteiger partial charge in [-0.05, 0) is 44.0 Å². The lowest BCUT2D eigenvalue weighted by Crippen LogP contribution is -2.13. The van der Waals surface area contributed by atoms with Crippen molar-refractivity contribution in [3.05, 3.63) is 57.0 Å². The van der Waals surface area contributed by atoms with E-state index >= 15 is 0 Å². The zero-order valence-corrected chi connectivity index (χ0v) is 11.6. The van der Waals surface area contributed by atoms with E-state index < -0.39 is 5.76 Å². The Morgan fingerprint density at radius 3 is 2.55 bits per heavy atom. The zero-order valence-electron chi connectivity index (χ0n) is 11.6. The van der Waals surface area contributed by atoms with E-state index in [0.717, 1.165) is 28.2 Å². The normalized spacial score (nSPS) is 13.0. The Labute approximate surface area is 115 Å². The number of aromatic nitrogens is 1. The highest BCUT2D eigenvalue weighted by molar-refractivity contribution is 5.73. The molecule has 5 nitrogen and oxygen atoms in total. The molecule has 3 aromatic rings. The third-order valence-corrected chi connectivity index (χ3v) is 3.73. The summed E-state index contributed by atoms with van der Waals surface area (Å²) < 4.78 is 10.7. The Morgan fingerprint density at radius 1 is 1.15 bits per heavy atom. The van der Waals surface area contributed by atoms with Crippen LogP contribution in [0.2, 0.25) is 0 Å². The van der Waals surface area contributed by atoms with Crippen LogP contribution >= 0.6 is 0 Å². The third kappa shape index (κ3) is 1.87. The van der Waals surface area contributed by atoms with Crippen LogP contribution in [0.3, 0.4) is 0 Å². The maximum atomic E-state index is 11.2. The van der Waals surface area contributed by atoms with Crippen molar-refractivity contribution in [2.75, 3.05) is 0 Å². The molecule has 1 aromatic carbocycles. The maximum Gasteiger partial charge on any atom is 0.417 e. The number of aryl methyl sites for hydroxylation is 2. The third-order valence-electron chi connectivity index (χ3n) is 3.73. The molecular weight excluding hydrogens is 256 g/mol. The molecule has 0 amide bonds. The minimum absolute atomic E-state index is 0.308. The first-order valence-corrected chi connectivity index (χ1v) is 6.42. The van der Waals surface area contributed by atoms with Gasteiger partial charge < -0.3 is 14.6 Å². The fourth-order valence-electron chi connectivity index (χ4n) is 2.59. The monoisotopic (exact) mass is 272 g/mol. The fourth-order valence-corrected chi connectivity index (χ4v) is 2.59. The molecule has 0 aliphatic rings. The minimum Gasteiger partial charge on any atom is -0.466 e. The average Bonchev–Trinajstić information content (AvgIpc) is 2.87. The van der Waals surface area contributed by atoms with E-state index in [1.165, 1.54) is 0 Å². The van der Waals surface area contributed by atoms with E-state index in [1.54, 1.807) is 12.1 Å². The number of nitrogens with two attached hydrogens (primary N) is 1. The van der Waals surface area contributed by atoms with E-state index in [1.807, 2.05) is 26.8 Å². The van der Waals surface area contributed by atoms with Gasteiger partial charge in [-0.3, -0.25) is 4.98 Å². The number of oxazole rings is 1. The van der Waals surface area contributed by atoms with Crippen LogP contribution in [0.25, 0.3) is 11.1 Å². The summed E-state index contributed by atoms with van der Waals surface area (Å²) in [5.74, 6) is 1.24. The van der Waals surface area contributed by atoms with Gasteiger partial charge in [0.05, 0.1) is 11.6 Å². The van der Waals surface area contributed by atoms with E-state index in [4.69, 9.17) is 14.6 Å². The van der Waals surface area contributed by atoms with Gasteiger partial charge in [0.1, 0.15) is 11.5 Å². The molecule has 0 aliphatic carbocycles. The minimum atomic E-state index is -0.461. The average molecular weight is 272 g/mol. The van der Waals surface area contributed by atoms with Crippen molar-refractivity contribution in [2.24, 2.45) is 5.73 Å². The summed E-state index contributed by atoms with van der Waals surface area (Å²) in [7, 11) is 0. The molecule has 3 N–H and O–H groups in total. The van der Waals surface area contributed by atoms with Crippen LogP contribution in [0.5, 0.6) is 0 Å². The van der Waals surface area contributed by atoms with Crippen molar-refractivity contribution in [2.45, 2.75) is 26.8 Å². The van der Waals surface area contributed by atoms with Gasteiger partial charge in [0.25, 0.3) is 0 Å². The van der Waals surface area contributed by atoms with Crippen LogP contribution in [-0.2, 0) is 0 Å². The number of furan rings is 1. The topological polar surface area (TPSA) is 85.2 Å². The van der Waals surface area contributed by atoms with Crippen molar-refractivity contribution >= 4 is 11.1 Å². The summed E-state index contributed by atoms with van der Waals surface area (Å²) in [5.41, 5.74) is 10.4. The fraction of sp³-hybridized carbons (Fsp3) is 0.267. The molecule has 0 bridgehead atoms. The summed E-state index contributed by atoms with van der Waals surface area (Å²) >= 11 is 0. The Balaban J connectivity index is 2.11. The number of aromatic amines is 1. The number of hydrogen-bond donors (Lipinski definition) is 2. The summed E-state index contributed by atoms with van der Waals surface area (Å²) in [6.45, 7) is 5.83. The van der Waals surface area contributed by atoms with Crippen LogP contribution in [0.15, 0.2) is 31.8 Å². The molecule has 20 heavy (non-hydrogen) atoms. The van der Waals surface area contributed by atoms with Gasteiger partial charge in [0.15, 0.2) is 5.58 Å². The van der Waals surface area contributed by atoms with Crippen LogP contribution in [0.1, 0.15) is 34.3 Å². The van der Waals surface area contributed by atoms with Crippen molar-refractivity contribution in [3.8, 4) is 0 Å². The highest BCUT2D eigenvalue weighted by Crippen LogP contribution is 2.30. The van der Waals surface area contributed by atoms with Crippen LogP contribution < -0.4 is 11.5 Å². The predicted octanol–water partition coefficient (Wildman–Crippen LogP) is 2.69. The van der Waals surface area contributed by atoms with Gasteiger partial charge in [0, 0.05) is 5.56 Å². The molecule has 0 radical (unpaired) electrons. The summed E-state index contributed by atoms with van der Waals surface area (Å²) in [4.78, 5) is 13.8. The second kappa shape index (κ2) is 4.38. The Bertz CT molecular complexity index is 839. The molecule has 0 aliphatic heterocycles. The van der Waals surface area contributed by atoms with E-state index in [9.17, 15) is 4.79 Å². The van der Waals surface area contributed by atoms with Gasteiger partial charge in [-0.2, -0.15) is 0 Å². The largest absolute Gasteiger partial charge is 0.466 e. The molecule has 0 fully saturated rings. The lowest BCUT2D eigenvalue weighted by molar-refractivity contribution is 0.498. The number of rotatable bonds is 2. The second-order valence-electron chi connectivity index (χ2n) is 5.00. The van der Waals surface area contributed by atoms with Gasteiger partial charge in [-0.1, -0.05) is 6.07 Å². The number of hydrogen-bond acceptors (Lipinski definition) is 4. The standard InChI is InChI=1S/C15H16N2O3/c1-7-8(2)19-9(3)13(7)14(16)10-4-5-11-12(6-10)20-15(18)17-11/h4-6,14H,16H2,1-3H3,(H,17,18). The molecule has 2 heterocycles. The summed E-state index contributed by atoms with van der Waals surface area (Å²) in [6.07, 6.45) is 0. The molecule has 3 rings (SSSR count). The maximum absolute atomic E-state index is 11.2. The molecule has 104 valence electrons. The van der Waals surface area contributed by atoms with Gasteiger partial charge in [-0.25, -0.2) is 4.79 Å². The van der Waals surface area contributed by atoms with Crippen LogP contribution in [0, 0.1) is 20.8 Å². The Hall–Kier alpha value is -2.27. The SMILES string of the molecule is Cc1oc(C)c(C(N)c2ccc3[nH]c(=O)oc3c2)c1C. The molecule has 0 saturated carbocycles. The van der Waals surface area contributed by atoms with E-state index in [-0.39, 0.29) is 6.04 Å². The number of H-pyrrole nitrogens is 1. The summed E-state index contributed by atoms with van der Waals surface area (Å²) in [5, 5.41) is 0. The highest BCUT2D eigenvalue weighted by atomic mass is 16.4. The van der Waals surface area contributed by atoms with Gasteiger partial charge in [-0.15, -0.1) is 0 Å². The first-order valence-electron chi connectivity index (χ1n) is 6.42. The van der Waals surface area contributed by atoms with Crippen LogP contribution in [-0.4, -0.2) is 4.98 Å². The second-order valence-corrected chi connectivity index (χ2v) is 5.00. The van der Waals surface area contributed by atoms with Gasteiger partial charge >= 0.3 is 5.76 Å². The Kier molecular flexibility index (Phi) is 2.79. The molecule has 2 aromatic heterocycles. The molecule has 1 atom stereocenters. The van der Waals surface area contributed by atoms with Crippen molar-refractivity contribution in [1.29, 1.82) is 0 Å². The molecular formula is C15H16N2O3. The lowest BCUT2D eigenvalue weighted by atomic mass is 9.96. The van der Waals surface area contributed by atoms with Gasteiger partial charge in [0.2, 0.25) is 0 Å². The first-order chi connectivity index (χ1) is 9.47. The lowest BCUT2D eigenvalue weighted by Gasteiger charge is -2.12. The highest BCUT2D eigenvalue weighted by Gasteiger charge is 2.20. The quantitative estimate of drug-likeness (QED) is 0.751. The Morgan fingerprint density at radius 2 is 1.90 bits per heavy atom. The van der Waals surface area contributed by atoms with Crippen LogP contribution in [0.4, 0.5) is 0 Å².